The van der Waals surface area contributed by atoms with Gasteiger partial charge in [-0.05, 0) is 31.4 Å². The van der Waals surface area contributed by atoms with Crippen molar-refractivity contribution in [3.8, 4) is 5.75 Å². The first-order chi connectivity index (χ1) is 6.09. The summed E-state index contributed by atoms with van der Waals surface area (Å²) in [6, 6.07) is 7.01. The number of phenolic OH excluding ortho intramolecular Hbond substituents is 1. The minimum Gasteiger partial charge on any atom is -0.508 e. The molecule has 3 nitrogen and oxygen atoms in total. The van der Waals surface area contributed by atoms with Crippen LogP contribution in [0, 0.1) is 0 Å². The molecule has 0 radical (unpaired) electrons. The molecule has 0 saturated carbocycles. The van der Waals surface area contributed by atoms with Crippen LogP contribution in [-0.4, -0.2) is 17.2 Å². The first kappa shape index (κ1) is 10.1. The SMILES string of the molecule is CB(O)N[C@@H](C)c1ccc(O)cc1. The summed E-state index contributed by atoms with van der Waals surface area (Å²) in [5.74, 6) is 0.257. The average Bonchev–Trinajstić information content (AvgIpc) is 2.04. The van der Waals surface area contributed by atoms with Crippen molar-refractivity contribution in [1.82, 2.24) is 5.23 Å². The van der Waals surface area contributed by atoms with Crippen molar-refractivity contribution in [3.05, 3.63) is 29.8 Å². The molecule has 0 aliphatic rings. The predicted molar refractivity (Wildman–Crippen MR) is 53.5 cm³/mol. The van der Waals surface area contributed by atoms with Crippen LogP contribution >= 0.6 is 0 Å². The molecule has 0 aromatic heterocycles. The lowest BCUT2D eigenvalue weighted by Crippen LogP contribution is -2.32. The van der Waals surface area contributed by atoms with Crippen molar-refractivity contribution in [1.29, 1.82) is 0 Å². The van der Waals surface area contributed by atoms with E-state index in [9.17, 15) is 0 Å². The van der Waals surface area contributed by atoms with Gasteiger partial charge in [0.25, 0.3) is 0 Å². The van der Waals surface area contributed by atoms with Crippen LogP contribution in [0.4, 0.5) is 0 Å². The molecular weight excluding hydrogens is 165 g/mol. The summed E-state index contributed by atoms with van der Waals surface area (Å²) in [6.07, 6.45) is 0. The van der Waals surface area contributed by atoms with E-state index in [1.54, 1.807) is 19.0 Å². The summed E-state index contributed by atoms with van der Waals surface area (Å²) < 4.78 is 0. The summed E-state index contributed by atoms with van der Waals surface area (Å²) >= 11 is 0. The lowest BCUT2D eigenvalue weighted by Gasteiger charge is -2.14. The van der Waals surface area contributed by atoms with Crippen LogP contribution in [0.25, 0.3) is 0 Å². The Balaban J connectivity index is 2.66. The van der Waals surface area contributed by atoms with E-state index in [0.29, 0.717) is 0 Å². The van der Waals surface area contributed by atoms with Gasteiger partial charge in [0.15, 0.2) is 0 Å². The smallest absolute Gasteiger partial charge is 0.374 e. The summed E-state index contributed by atoms with van der Waals surface area (Å²) in [7, 11) is -0.524. The molecule has 0 unspecified atom stereocenters. The van der Waals surface area contributed by atoms with Crippen LogP contribution in [0.3, 0.4) is 0 Å². The van der Waals surface area contributed by atoms with Gasteiger partial charge in [0.05, 0.1) is 0 Å². The quantitative estimate of drug-likeness (QED) is 0.610. The molecule has 0 heterocycles. The van der Waals surface area contributed by atoms with E-state index in [1.165, 1.54) is 0 Å². The fourth-order valence-corrected chi connectivity index (χ4v) is 1.22. The minimum atomic E-state index is -0.524. The monoisotopic (exact) mass is 179 g/mol. The highest BCUT2D eigenvalue weighted by atomic mass is 16.3. The maximum Gasteiger partial charge on any atom is 0.374 e. The van der Waals surface area contributed by atoms with Gasteiger partial charge >= 0.3 is 7.05 Å². The van der Waals surface area contributed by atoms with E-state index in [2.05, 4.69) is 5.23 Å². The zero-order valence-corrected chi connectivity index (χ0v) is 7.86. The highest BCUT2D eigenvalue weighted by Crippen LogP contribution is 2.16. The second kappa shape index (κ2) is 4.30. The van der Waals surface area contributed by atoms with E-state index in [0.717, 1.165) is 5.56 Å². The van der Waals surface area contributed by atoms with Crippen LogP contribution in [0.2, 0.25) is 6.82 Å². The molecule has 0 aliphatic carbocycles. The number of nitrogens with one attached hydrogen (secondary N) is 1. The van der Waals surface area contributed by atoms with Crippen molar-refractivity contribution in [2.75, 3.05) is 0 Å². The van der Waals surface area contributed by atoms with Crippen molar-refractivity contribution >= 4 is 7.05 Å². The van der Waals surface area contributed by atoms with Crippen molar-refractivity contribution in [2.24, 2.45) is 0 Å². The summed E-state index contributed by atoms with van der Waals surface area (Å²) in [5.41, 5.74) is 1.04. The second-order valence-electron chi connectivity index (χ2n) is 3.16. The Hall–Kier alpha value is -0.995. The third-order valence-electron chi connectivity index (χ3n) is 1.88. The predicted octanol–water partition coefficient (Wildman–Crippen LogP) is 1.15. The van der Waals surface area contributed by atoms with Crippen molar-refractivity contribution in [2.45, 2.75) is 19.8 Å². The third-order valence-corrected chi connectivity index (χ3v) is 1.88. The summed E-state index contributed by atoms with van der Waals surface area (Å²) in [5, 5.41) is 21.1. The zero-order chi connectivity index (χ0) is 9.84. The van der Waals surface area contributed by atoms with Gasteiger partial charge in [-0.1, -0.05) is 12.1 Å². The van der Waals surface area contributed by atoms with Crippen LogP contribution in [0.15, 0.2) is 24.3 Å². The Bertz CT molecular complexity index is 261. The highest BCUT2D eigenvalue weighted by molar-refractivity contribution is 6.45. The standard InChI is InChI=1S/C9H14BNO2/c1-7(11-10(2)13)8-3-5-9(12)6-4-8/h3-7,11-13H,1-2H3/t7-/m0/s1. The highest BCUT2D eigenvalue weighted by Gasteiger charge is 2.09. The number of rotatable bonds is 3. The molecule has 0 fully saturated rings. The molecule has 1 rings (SSSR count). The largest absolute Gasteiger partial charge is 0.508 e. The van der Waals surface area contributed by atoms with E-state index in [1.807, 2.05) is 19.1 Å². The maximum atomic E-state index is 9.08. The van der Waals surface area contributed by atoms with E-state index in [-0.39, 0.29) is 11.8 Å². The lowest BCUT2D eigenvalue weighted by molar-refractivity contribution is 0.474. The van der Waals surface area contributed by atoms with Gasteiger partial charge in [-0.2, -0.15) is 0 Å². The molecule has 0 bridgehead atoms. The molecule has 13 heavy (non-hydrogen) atoms. The van der Waals surface area contributed by atoms with Crippen LogP contribution in [-0.2, 0) is 0 Å². The summed E-state index contributed by atoms with van der Waals surface area (Å²) in [4.78, 5) is 0. The third kappa shape index (κ3) is 3.09. The number of aromatic hydroxyl groups is 1. The Labute approximate surface area is 78.5 Å². The van der Waals surface area contributed by atoms with Crippen LogP contribution in [0.1, 0.15) is 18.5 Å². The van der Waals surface area contributed by atoms with E-state index in [4.69, 9.17) is 10.1 Å². The van der Waals surface area contributed by atoms with Gasteiger partial charge in [-0.25, -0.2) is 0 Å². The molecule has 0 saturated heterocycles. The molecule has 1 aromatic carbocycles. The molecular formula is C9H14BNO2. The lowest BCUT2D eigenvalue weighted by atomic mass is 9.86. The molecule has 1 atom stereocenters. The molecule has 3 N–H and O–H groups in total. The van der Waals surface area contributed by atoms with Crippen LogP contribution < -0.4 is 5.23 Å². The minimum absolute atomic E-state index is 0.0839. The first-order valence-corrected chi connectivity index (χ1v) is 4.32. The molecule has 4 heteroatoms. The number of hydrogen-bond acceptors (Lipinski definition) is 3. The fourth-order valence-electron chi connectivity index (χ4n) is 1.22. The Morgan fingerprint density at radius 1 is 1.31 bits per heavy atom. The van der Waals surface area contributed by atoms with Crippen LogP contribution in [0.5, 0.6) is 5.75 Å². The normalized spacial score (nSPS) is 12.5. The zero-order valence-electron chi connectivity index (χ0n) is 7.86. The van der Waals surface area contributed by atoms with Gasteiger partial charge in [0, 0.05) is 6.04 Å². The Morgan fingerprint density at radius 2 is 1.85 bits per heavy atom. The number of hydrogen-bond donors (Lipinski definition) is 3. The molecule has 70 valence electrons. The fraction of sp³-hybridized carbons (Fsp3) is 0.333. The maximum absolute atomic E-state index is 9.08. The number of phenols is 1. The molecule has 1 aromatic rings. The average molecular weight is 179 g/mol. The summed E-state index contributed by atoms with van der Waals surface area (Å²) in [6.45, 7) is 3.63. The van der Waals surface area contributed by atoms with Gasteiger partial charge in [-0.3, -0.25) is 0 Å². The van der Waals surface area contributed by atoms with Crippen molar-refractivity contribution in [3.63, 3.8) is 0 Å². The van der Waals surface area contributed by atoms with Gasteiger partial charge in [-0.15, -0.1) is 0 Å². The Kier molecular flexibility index (Phi) is 3.34. The molecule has 0 spiro atoms. The van der Waals surface area contributed by atoms with Crippen molar-refractivity contribution < 1.29 is 10.1 Å². The molecule has 0 amide bonds. The van der Waals surface area contributed by atoms with Gasteiger partial charge in [0.2, 0.25) is 0 Å². The number of benzene rings is 1. The molecule has 0 aliphatic heterocycles. The van der Waals surface area contributed by atoms with Gasteiger partial charge < -0.3 is 15.4 Å². The first-order valence-electron chi connectivity index (χ1n) is 4.32. The van der Waals surface area contributed by atoms with Gasteiger partial charge in [0.1, 0.15) is 5.75 Å². The topological polar surface area (TPSA) is 52.5 Å². The van der Waals surface area contributed by atoms with E-state index < -0.39 is 7.05 Å². The second-order valence-corrected chi connectivity index (χ2v) is 3.16. The van der Waals surface area contributed by atoms with E-state index >= 15 is 0 Å². The Morgan fingerprint density at radius 3 is 2.31 bits per heavy atom.